The molecule has 5 rings (SSSR count). The molecular weight excluding hydrogens is 554 g/mol. The molecule has 2 aliphatic heterocycles. The summed E-state index contributed by atoms with van der Waals surface area (Å²) in [6.07, 6.45) is 1.27. The molecule has 208 valence electrons. The van der Waals surface area contributed by atoms with Crippen LogP contribution in [0.15, 0.2) is 72.8 Å². The molecule has 0 saturated carbocycles. The molecular formula is C30H29Cl2FN4O3. The van der Waals surface area contributed by atoms with Crippen LogP contribution in [0.4, 0.5) is 10.1 Å². The van der Waals surface area contributed by atoms with Crippen molar-refractivity contribution in [1.82, 2.24) is 15.1 Å². The van der Waals surface area contributed by atoms with Gasteiger partial charge in [0.15, 0.2) is 0 Å². The molecule has 3 aromatic rings. The molecule has 0 aromatic heterocycles. The normalized spacial score (nSPS) is 16.5. The predicted octanol–water partition coefficient (Wildman–Crippen LogP) is 4.77. The first-order valence-electron chi connectivity index (χ1n) is 13.1. The topological polar surface area (TPSA) is 73.0 Å². The van der Waals surface area contributed by atoms with Gasteiger partial charge < -0.3 is 20.0 Å². The van der Waals surface area contributed by atoms with Crippen LogP contribution in [0.2, 0.25) is 10.0 Å². The number of carbonyl (C=O) groups excluding carboxylic acids is 3. The number of benzene rings is 3. The predicted molar refractivity (Wildman–Crippen MR) is 153 cm³/mol. The van der Waals surface area contributed by atoms with Crippen molar-refractivity contribution in [2.45, 2.75) is 24.8 Å². The Labute approximate surface area is 242 Å². The number of rotatable bonds is 7. The van der Waals surface area contributed by atoms with Crippen LogP contribution in [0.1, 0.15) is 28.8 Å². The van der Waals surface area contributed by atoms with Gasteiger partial charge in [0.05, 0.1) is 12.2 Å². The first-order chi connectivity index (χ1) is 19.3. The fourth-order valence-electron chi connectivity index (χ4n) is 5.50. The molecule has 3 amide bonds. The summed E-state index contributed by atoms with van der Waals surface area (Å²) in [6.45, 7) is 1.12. The number of para-hydroxylation sites is 1. The Balaban J connectivity index is 1.26. The molecule has 40 heavy (non-hydrogen) atoms. The van der Waals surface area contributed by atoms with Crippen LogP contribution < -0.4 is 10.2 Å². The van der Waals surface area contributed by atoms with Crippen LogP contribution in [0.3, 0.4) is 0 Å². The number of amides is 3. The number of nitrogens with one attached hydrogen (secondary N) is 1. The van der Waals surface area contributed by atoms with Crippen molar-refractivity contribution in [3.05, 3.63) is 99.8 Å². The van der Waals surface area contributed by atoms with Gasteiger partial charge in [0, 0.05) is 35.4 Å². The van der Waals surface area contributed by atoms with Gasteiger partial charge in [-0.1, -0.05) is 59.6 Å². The number of nitrogens with zero attached hydrogens (tertiary/aromatic N) is 3. The monoisotopic (exact) mass is 582 g/mol. The third-order valence-electron chi connectivity index (χ3n) is 7.63. The summed E-state index contributed by atoms with van der Waals surface area (Å²) < 4.78 is 14.3. The van der Waals surface area contributed by atoms with E-state index in [1.54, 1.807) is 34.1 Å². The third-order valence-corrected chi connectivity index (χ3v) is 8.22. The quantitative estimate of drug-likeness (QED) is 0.435. The lowest BCUT2D eigenvalue weighted by atomic mass is 9.85. The lowest BCUT2D eigenvalue weighted by molar-refractivity contribution is -0.137. The molecule has 0 aliphatic carbocycles. The van der Waals surface area contributed by atoms with E-state index in [-0.39, 0.29) is 36.5 Å². The average Bonchev–Trinajstić information content (AvgIpc) is 3.21. The number of halogens is 3. The van der Waals surface area contributed by atoms with Gasteiger partial charge in [-0.25, -0.2) is 4.39 Å². The summed E-state index contributed by atoms with van der Waals surface area (Å²) in [5.41, 5.74) is 0.860. The van der Waals surface area contributed by atoms with E-state index < -0.39 is 11.4 Å². The number of hydrogen-bond acceptors (Lipinski definition) is 4. The number of anilines is 1. The van der Waals surface area contributed by atoms with E-state index in [2.05, 4.69) is 5.32 Å². The van der Waals surface area contributed by atoms with Gasteiger partial charge in [-0.2, -0.15) is 0 Å². The maximum Gasteiger partial charge on any atom is 0.256 e. The van der Waals surface area contributed by atoms with Gasteiger partial charge in [-0.15, -0.1) is 0 Å². The zero-order chi connectivity index (χ0) is 28.3. The smallest absolute Gasteiger partial charge is 0.256 e. The molecule has 2 aliphatic rings. The first-order valence-corrected chi connectivity index (χ1v) is 13.9. The van der Waals surface area contributed by atoms with E-state index in [4.69, 9.17) is 23.2 Å². The minimum absolute atomic E-state index is 0.0225. The molecule has 0 bridgehead atoms. The number of carbonyl (C=O) groups is 3. The SMILES string of the molecule is O=C(CN1CN(c2ccccc2)C2(CCN(C(=O)c3ccccc3F)CC2)C1=O)NCCc1ccc(Cl)cc1Cl. The van der Waals surface area contributed by atoms with E-state index in [0.29, 0.717) is 48.9 Å². The van der Waals surface area contributed by atoms with Crippen molar-refractivity contribution in [3.63, 3.8) is 0 Å². The van der Waals surface area contributed by atoms with Crippen molar-refractivity contribution >= 4 is 46.6 Å². The molecule has 2 heterocycles. The molecule has 0 atom stereocenters. The molecule has 1 spiro atoms. The van der Waals surface area contributed by atoms with Crippen LogP contribution in [0.25, 0.3) is 0 Å². The first kappa shape index (κ1) is 27.9. The van der Waals surface area contributed by atoms with E-state index in [9.17, 15) is 18.8 Å². The third kappa shape index (κ3) is 5.64. The zero-order valence-corrected chi connectivity index (χ0v) is 23.3. The Morgan fingerprint density at radius 3 is 2.35 bits per heavy atom. The van der Waals surface area contributed by atoms with E-state index in [1.807, 2.05) is 41.3 Å². The van der Waals surface area contributed by atoms with Crippen LogP contribution in [0.5, 0.6) is 0 Å². The minimum atomic E-state index is -0.898. The fourth-order valence-corrected chi connectivity index (χ4v) is 6.00. The van der Waals surface area contributed by atoms with Gasteiger partial charge in [-0.05, 0) is 61.2 Å². The van der Waals surface area contributed by atoms with Gasteiger partial charge in [0.25, 0.3) is 11.8 Å². The van der Waals surface area contributed by atoms with Crippen molar-refractivity contribution in [1.29, 1.82) is 0 Å². The van der Waals surface area contributed by atoms with Crippen molar-refractivity contribution in [2.24, 2.45) is 0 Å². The summed E-state index contributed by atoms with van der Waals surface area (Å²) in [5, 5.41) is 3.97. The second-order valence-corrected chi connectivity index (χ2v) is 10.9. The Bertz CT molecular complexity index is 1410. The number of likely N-dealkylation sites (tertiary alicyclic amines) is 1. The highest BCUT2D eigenvalue weighted by atomic mass is 35.5. The Morgan fingerprint density at radius 1 is 0.950 bits per heavy atom. The summed E-state index contributed by atoms with van der Waals surface area (Å²) >= 11 is 12.2. The molecule has 2 saturated heterocycles. The van der Waals surface area contributed by atoms with Crippen LogP contribution in [-0.4, -0.2) is 65.9 Å². The molecule has 2 fully saturated rings. The number of piperidine rings is 1. The van der Waals surface area contributed by atoms with Gasteiger partial charge in [-0.3, -0.25) is 14.4 Å². The van der Waals surface area contributed by atoms with Crippen molar-refractivity contribution in [3.8, 4) is 0 Å². The van der Waals surface area contributed by atoms with Crippen LogP contribution in [0, 0.1) is 5.82 Å². The summed E-state index contributed by atoms with van der Waals surface area (Å²) in [5.74, 6) is -1.37. The van der Waals surface area contributed by atoms with E-state index in [1.165, 1.54) is 12.1 Å². The zero-order valence-electron chi connectivity index (χ0n) is 21.8. The summed E-state index contributed by atoms with van der Waals surface area (Å²) in [4.78, 5) is 44.9. The maximum atomic E-state index is 14.3. The van der Waals surface area contributed by atoms with Crippen LogP contribution >= 0.6 is 23.2 Å². The van der Waals surface area contributed by atoms with Gasteiger partial charge in [0.1, 0.15) is 17.9 Å². The second-order valence-electron chi connectivity index (χ2n) is 10.0. The maximum absolute atomic E-state index is 14.3. The Kier molecular flexibility index (Phi) is 8.28. The highest BCUT2D eigenvalue weighted by molar-refractivity contribution is 6.35. The van der Waals surface area contributed by atoms with E-state index >= 15 is 0 Å². The summed E-state index contributed by atoms with van der Waals surface area (Å²) in [7, 11) is 0. The second kappa shape index (κ2) is 11.9. The lowest BCUT2D eigenvalue weighted by Crippen LogP contribution is -2.57. The Hall–Kier alpha value is -3.62. The Morgan fingerprint density at radius 2 is 1.65 bits per heavy atom. The number of hydrogen-bond donors (Lipinski definition) is 1. The molecule has 7 nitrogen and oxygen atoms in total. The molecule has 3 aromatic carbocycles. The lowest BCUT2D eigenvalue weighted by Gasteiger charge is -2.43. The van der Waals surface area contributed by atoms with Gasteiger partial charge in [0.2, 0.25) is 5.91 Å². The van der Waals surface area contributed by atoms with Gasteiger partial charge >= 0.3 is 0 Å². The standard InChI is InChI=1S/C30H29Cl2FN4O3/c31-22-11-10-21(25(32)18-22)12-15-34-27(38)19-36-20-37(23-6-2-1-3-7-23)30(29(36)40)13-16-35(17-14-30)28(39)24-8-4-5-9-26(24)33/h1-11,18H,12-17,19-20H2,(H,34,38). The average molecular weight is 583 g/mol. The minimum Gasteiger partial charge on any atom is -0.354 e. The summed E-state index contributed by atoms with van der Waals surface area (Å²) in [6, 6.07) is 20.7. The molecule has 0 unspecified atom stereocenters. The largest absolute Gasteiger partial charge is 0.354 e. The fraction of sp³-hybridized carbons (Fsp3) is 0.300. The highest BCUT2D eigenvalue weighted by Crippen LogP contribution is 2.39. The van der Waals surface area contributed by atoms with Crippen molar-refractivity contribution < 1.29 is 18.8 Å². The molecule has 1 N–H and O–H groups in total. The molecule has 10 heteroatoms. The van der Waals surface area contributed by atoms with Crippen LogP contribution in [-0.2, 0) is 16.0 Å². The highest BCUT2D eigenvalue weighted by Gasteiger charge is 2.54. The van der Waals surface area contributed by atoms with E-state index in [0.717, 1.165) is 11.3 Å². The molecule has 0 radical (unpaired) electrons. The van der Waals surface area contributed by atoms with Crippen molar-refractivity contribution in [2.75, 3.05) is 37.7 Å².